The highest BCUT2D eigenvalue weighted by atomic mass is 15.1. The molecule has 3 heteroatoms. The SMILES string of the molecule is CC(C)Cn1c2ccccc2c2nc3c(nc21)C=CCC3. The van der Waals surface area contributed by atoms with E-state index >= 15 is 0 Å². The monoisotopic (exact) mass is 277 g/mol. The van der Waals surface area contributed by atoms with E-state index < -0.39 is 0 Å². The van der Waals surface area contributed by atoms with E-state index in [0.29, 0.717) is 5.92 Å². The third-order valence-corrected chi connectivity index (χ3v) is 4.06. The van der Waals surface area contributed by atoms with Crippen molar-refractivity contribution in [1.29, 1.82) is 0 Å². The van der Waals surface area contributed by atoms with Crippen molar-refractivity contribution in [3.05, 3.63) is 41.7 Å². The van der Waals surface area contributed by atoms with Crippen molar-refractivity contribution in [3.8, 4) is 0 Å². The van der Waals surface area contributed by atoms with Gasteiger partial charge in [-0.15, -0.1) is 0 Å². The fourth-order valence-electron chi connectivity index (χ4n) is 3.15. The molecule has 2 aromatic heterocycles. The first-order valence-electron chi connectivity index (χ1n) is 7.68. The molecule has 0 bridgehead atoms. The Morgan fingerprint density at radius 1 is 1.19 bits per heavy atom. The molecule has 2 heterocycles. The maximum atomic E-state index is 4.94. The quantitative estimate of drug-likeness (QED) is 0.703. The van der Waals surface area contributed by atoms with Crippen molar-refractivity contribution >= 4 is 28.1 Å². The van der Waals surface area contributed by atoms with Crippen LogP contribution in [0.2, 0.25) is 0 Å². The minimum absolute atomic E-state index is 0.581. The number of hydrogen-bond donors (Lipinski definition) is 0. The largest absolute Gasteiger partial charge is 0.324 e. The molecule has 0 unspecified atom stereocenters. The number of hydrogen-bond acceptors (Lipinski definition) is 2. The smallest absolute Gasteiger partial charge is 0.160 e. The molecule has 0 N–H and O–H groups in total. The van der Waals surface area contributed by atoms with Crippen LogP contribution in [0.5, 0.6) is 0 Å². The summed E-state index contributed by atoms with van der Waals surface area (Å²) >= 11 is 0. The van der Waals surface area contributed by atoms with E-state index in [0.717, 1.165) is 41.9 Å². The van der Waals surface area contributed by atoms with Gasteiger partial charge >= 0.3 is 0 Å². The Bertz CT molecular complexity index is 856. The minimum Gasteiger partial charge on any atom is -0.324 e. The molecule has 3 aromatic rings. The maximum Gasteiger partial charge on any atom is 0.160 e. The van der Waals surface area contributed by atoms with Crippen LogP contribution in [0.1, 0.15) is 31.7 Å². The third kappa shape index (κ3) is 1.96. The fraction of sp³-hybridized carbons (Fsp3) is 0.333. The molecule has 106 valence electrons. The molecule has 0 spiro atoms. The molecular formula is C18H19N3. The van der Waals surface area contributed by atoms with E-state index in [1.807, 2.05) is 0 Å². The topological polar surface area (TPSA) is 30.7 Å². The Morgan fingerprint density at radius 3 is 2.90 bits per heavy atom. The van der Waals surface area contributed by atoms with Crippen LogP contribution >= 0.6 is 0 Å². The summed E-state index contributed by atoms with van der Waals surface area (Å²) in [6.45, 7) is 5.46. The molecule has 0 fully saturated rings. The molecule has 1 aliphatic rings. The van der Waals surface area contributed by atoms with Crippen molar-refractivity contribution < 1.29 is 0 Å². The number of fused-ring (bicyclic) bond motifs is 4. The zero-order valence-corrected chi connectivity index (χ0v) is 12.5. The summed E-state index contributed by atoms with van der Waals surface area (Å²) in [5.74, 6) is 0.581. The van der Waals surface area contributed by atoms with E-state index in [-0.39, 0.29) is 0 Å². The van der Waals surface area contributed by atoms with Crippen LogP contribution in [-0.2, 0) is 13.0 Å². The molecule has 0 saturated heterocycles. The van der Waals surface area contributed by atoms with Gasteiger partial charge in [0.25, 0.3) is 0 Å². The molecule has 1 aromatic carbocycles. The highest BCUT2D eigenvalue weighted by Crippen LogP contribution is 2.29. The van der Waals surface area contributed by atoms with Gasteiger partial charge in [-0.2, -0.15) is 0 Å². The Balaban J connectivity index is 2.10. The summed E-state index contributed by atoms with van der Waals surface area (Å²) < 4.78 is 2.32. The molecule has 0 amide bonds. The number of nitrogens with zero attached hydrogens (tertiary/aromatic N) is 3. The highest BCUT2D eigenvalue weighted by molar-refractivity contribution is 6.04. The molecule has 21 heavy (non-hydrogen) atoms. The van der Waals surface area contributed by atoms with Crippen molar-refractivity contribution in [2.45, 2.75) is 33.2 Å². The lowest BCUT2D eigenvalue weighted by molar-refractivity contribution is 0.543. The van der Waals surface area contributed by atoms with Crippen molar-refractivity contribution in [2.75, 3.05) is 0 Å². The van der Waals surface area contributed by atoms with E-state index in [2.05, 4.69) is 54.8 Å². The van der Waals surface area contributed by atoms with Gasteiger partial charge in [-0.05, 0) is 30.9 Å². The van der Waals surface area contributed by atoms with Crippen LogP contribution in [0.15, 0.2) is 30.3 Å². The summed E-state index contributed by atoms with van der Waals surface area (Å²) in [4.78, 5) is 9.86. The molecular weight excluding hydrogens is 258 g/mol. The van der Waals surface area contributed by atoms with Crippen LogP contribution in [-0.4, -0.2) is 14.5 Å². The van der Waals surface area contributed by atoms with Gasteiger partial charge in [-0.1, -0.05) is 38.1 Å². The second-order valence-corrected chi connectivity index (χ2v) is 6.19. The summed E-state index contributed by atoms with van der Waals surface area (Å²) in [6, 6.07) is 8.52. The van der Waals surface area contributed by atoms with E-state index in [4.69, 9.17) is 9.97 Å². The highest BCUT2D eigenvalue weighted by Gasteiger charge is 2.17. The average Bonchev–Trinajstić information content (AvgIpc) is 2.79. The first-order chi connectivity index (χ1) is 10.2. The number of rotatable bonds is 2. The number of aromatic nitrogens is 3. The van der Waals surface area contributed by atoms with E-state index in [1.165, 1.54) is 10.9 Å². The molecule has 0 aliphatic heterocycles. The number of para-hydroxylation sites is 1. The lowest BCUT2D eigenvalue weighted by Crippen LogP contribution is -2.07. The predicted molar refractivity (Wildman–Crippen MR) is 87.2 cm³/mol. The molecule has 0 radical (unpaired) electrons. The second-order valence-electron chi connectivity index (χ2n) is 6.19. The second kappa shape index (κ2) is 4.69. The molecule has 3 nitrogen and oxygen atoms in total. The van der Waals surface area contributed by atoms with Crippen LogP contribution in [0.25, 0.3) is 28.1 Å². The summed E-state index contributed by atoms with van der Waals surface area (Å²) in [6.07, 6.45) is 6.37. The van der Waals surface area contributed by atoms with Crippen LogP contribution in [0, 0.1) is 5.92 Å². The summed E-state index contributed by atoms with van der Waals surface area (Å²) in [5.41, 5.74) is 5.50. The fourth-order valence-corrected chi connectivity index (χ4v) is 3.15. The van der Waals surface area contributed by atoms with Crippen LogP contribution in [0.4, 0.5) is 0 Å². The van der Waals surface area contributed by atoms with E-state index in [1.54, 1.807) is 0 Å². The maximum absolute atomic E-state index is 4.94. The van der Waals surface area contributed by atoms with Gasteiger partial charge in [0, 0.05) is 11.9 Å². The zero-order chi connectivity index (χ0) is 14.4. The summed E-state index contributed by atoms with van der Waals surface area (Å²) in [5, 5.41) is 1.22. The zero-order valence-electron chi connectivity index (χ0n) is 12.5. The Hall–Kier alpha value is -2.16. The molecule has 4 rings (SSSR count). The van der Waals surface area contributed by atoms with Gasteiger partial charge < -0.3 is 4.57 Å². The van der Waals surface area contributed by atoms with Gasteiger partial charge in [0.05, 0.1) is 16.9 Å². The predicted octanol–water partition coefficient (Wildman–Crippen LogP) is 4.20. The van der Waals surface area contributed by atoms with Gasteiger partial charge in [-0.3, -0.25) is 0 Å². The minimum atomic E-state index is 0.581. The van der Waals surface area contributed by atoms with Gasteiger partial charge in [0.15, 0.2) is 5.65 Å². The average molecular weight is 277 g/mol. The molecule has 1 aliphatic carbocycles. The first kappa shape index (κ1) is 12.6. The lowest BCUT2D eigenvalue weighted by Gasteiger charge is -2.11. The number of allylic oxidation sites excluding steroid dienone is 1. The Labute approximate surface area is 124 Å². The lowest BCUT2D eigenvalue weighted by atomic mass is 10.1. The van der Waals surface area contributed by atoms with Gasteiger partial charge in [-0.25, -0.2) is 9.97 Å². The summed E-state index contributed by atoms with van der Waals surface area (Å²) in [7, 11) is 0. The van der Waals surface area contributed by atoms with Crippen LogP contribution < -0.4 is 0 Å². The standard InChI is InChI=1S/C18H19N3/c1-12(2)11-21-16-10-6-3-7-13(16)17-18(21)20-15-9-5-4-8-14(15)19-17/h3,5-7,9-10,12H,4,8,11H2,1-2H3. The first-order valence-corrected chi connectivity index (χ1v) is 7.68. The molecule has 0 saturated carbocycles. The number of aryl methyl sites for hydroxylation is 1. The van der Waals surface area contributed by atoms with Crippen molar-refractivity contribution in [2.24, 2.45) is 5.92 Å². The van der Waals surface area contributed by atoms with Crippen molar-refractivity contribution in [3.63, 3.8) is 0 Å². The Kier molecular flexibility index (Phi) is 2.81. The van der Waals surface area contributed by atoms with Gasteiger partial charge in [0.2, 0.25) is 0 Å². The third-order valence-electron chi connectivity index (χ3n) is 4.06. The normalized spacial score (nSPS) is 14.2. The van der Waals surface area contributed by atoms with Crippen molar-refractivity contribution in [1.82, 2.24) is 14.5 Å². The molecule has 0 atom stereocenters. The van der Waals surface area contributed by atoms with Gasteiger partial charge in [0.1, 0.15) is 5.52 Å². The van der Waals surface area contributed by atoms with E-state index in [9.17, 15) is 0 Å². The Morgan fingerprint density at radius 2 is 2.05 bits per heavy atom. The number of benzene rings is 1. The van der Waals surface area contributed by atoms with Crippen LogP contribution in [0.3, 0.4) is 0 Å².